The van der Waals surface area contributed by atoms with Gasteiger partial charge in [0.05, 0.1) is 18.2 Å². The molecule has 4 heterocycles. The maximum Gasteiger partial charge on any atom is 0.449 e. The highest BCUT2D eigenvalue weighted by atomic mass is 35.5. The Morgan fingerprint density at radius 2 is 1.94 bits per heavy atom. The predicted molar refractivity (Wildman–Crippen MR) is 124 cm³/mol. The number of halogens is 5. The number of hydrogen-bond acceptors (Lipinski definition) is 6. The molecule has 1 aliphatic rings. The van der Waals surface area contributed by atoms with E-state index in [1.54, 1.807) is 17.9 Å². The Labute approximate surface area is 206 Å². The number of alkyl halides is 3. The van der Waals surface area contributed by atoms with Crippen LogP contribution in [0.2, 0.25) is 5.02 Å². The van der Waals surface area contributed by atoms with Gasteiger partial charge in [0.15, 0.2) is 0 Å². The molecule has 5 rings (SSSR count). The number of rotatable bonds is 3. The number of hydrogen-bond donors (Lipinski definition) is 0. The van der Waals surface area contributed by atoms with Crippen LogP contribution in [0, 0.1) is 5.82 Å². The SMILES string of the molecule is Cn1cc([C@H]2CN(c3cc4c(=O)n(C)c(C(F)(F)F)nc4c(-c4ccc(Cl)cc4F)n3)CCO2)cn1. The van der Waals surface area contributed by atoms with E-state index in [1.807, 2.05) is 11.1 Å². The molecule has 36 heavy (non-hydrogen) atoms. The van der Waals surface area contributed by atoms with Gasteiger partial charge in [-0.05, 0) is 24.3 Å². The van der Waals surface area contributed by atoms with Crippen molar-refractivity contribution < 1.29 is 22.3 Å². The normalized spacial score (nSPS) is 16.6. The molecule has 1 fully saturated rings. The molecule has 1 aromatic carbocycles. The molecule has 3 aromatic heterocycles. The molecule has 0 unspecified atom stereocenters. The molecule has 0 aliphatic carbocycles. The summed E-state index contributed by atoms with van der Waals surface area (Å²) in [6.45, 7) is 1.06. The Morgan fingerprint density at radius 1 is 1.17 bits per heavy atom. The van der Waals surface area contributed by atoms with E-state index >= 15 is 0 Å². The Balaban J connectivity index is 1.71. The van der Waals surface area contributed by atoms with Crippen LogP contribution < -0.4 is 10.5 Å². The summed E-state index contributed by atoms with van der Waals surface area (Å²) in [5, 5.41) is 4.14. The van der Waals surface area contributed by atoms with Crippen LogP contribution in [0.5, 0.6) is 0 Å². The van der Waals surface area contributed by atoms with Gasteiger partial charge in [-0.25, -0.2) is 14.4 Å². The van der Waals surface area contributed by atoms with E-state index in [0.717, 1.165) is 18.7 Å². The number of anilines is 1. The van der Waals surface area contributed by atoms with E-state index in [-0.39, 0.29) is 39.1 Å². The minimum absolute atomic E-state index is 0.101. The maximum absolute atomic E-state index is 14.9. The fourth-order valence-corrected chi connectivity index (χ4v) is 4.37. The molecule has 4 aromatic rings. The van der Waals surface area contributed by atoms with Gasteiger partial charge in [-0.3, -0.25) is 14.0 Å². The summed E-state index contributed by atoms with van der Waals surface area (Å²) in [6, 6.07) is 5.09. The molecule has 1 atom stereocenters. The van der Waals surface area contributed by atoms with Gasteiger partial charge in [-0.2, -0.15) is 18.3 Å². The lowest BCUT2D eigenvalue weighted by molar-refractivity contribution is -0.147. The highest BCUT2D eigenvalue weighted by molar-refractivity contribution is 6.30. The van der Waals surface area contributed by atoms with Crippen LogP contribution in [0.1, 0.15) is 17.5 Å². The van der Waals surface area contributed by atoms with E-state index in [0.29, 0.717) is 24.3 Å². The molecular weight excluding hydrogens is 504 g/mol. The highest BCUT2D eigenvalue weighted by Gasteiger charge is 2.37. The molecule has 188 valence electrons. The summed E-state index contributed by atoms with van der Waals surface area (Å²) in [6.07, 6.45) is -1.77. The smallest absolute Gasteiger partial charge is 0.370 e. The summed E-state index contributed by atoms with van der Waals surface area (Å²) >= 11 is 5.88. The van der Waals surface area contributed by atoms with Gasteiger partial charge in [0.1, 0.15) is 28.9 Å². The number of ether oxygens (including phenoxy) is 1. The van der Waals surface area contributed by atoms with Gasteiger partial charge < -0.3 is 9.64 Å². The zero-order valence-corrected chi connectivity index (χ0v) is 19.8. The highest BCUT2D eigenvalue weighted by Crippen LogP contribution is 2.35. The Morgan fingerprint density at radius 3 is 2.61 bits per heavy atom. The maximum atomic E-state index is 14.9. The number of morpholine rings is 1. The van der Waals surface area contributed by atoms with Crippen molar-refractivity contribution in [2.75, 3.05) is 24.6 Å². The molecule has 0 bridgehead atoms. The number of nitrogens with zero attached hydrogens (tertiary/aromatic N) is 6. The molecule has 0 radical (unpaired) electrons. The second kappa shape index (κ2) is 8.86. The summed E-state index contributed by atoms with van der Waals surface area (Å²) in [5.74, 6) is -1.93. The predicted octanol–water partition coefficient (Wildman–Crippen LogP) is 4.12. The van der Waals surface area contributed by atoms with Crippen LogP contribution in [-0.4, -0.2) is 44.0 Å². The molecule has 8 nitrogen and oxygen atoms in total. The van der Waals surface area contributed by atoms with Crippen LogP contribution in [0.3, 0.4) is 0 Å². The molecule has 0 amide bonds. The molecule has 1 aliphatic heterocycles. The zero-order chi connectivity index (χ0) is 25.8. The molecule has 0 saturated carbocycles. The van der Waals surface area contributed by atoms with Crippen molar-refractivity contribution in [2.45, 2.75) is 12.3 Å². The lowest BCUT2D eigenvalue weighted by Gasteiger charge is -2.33. The molecule has 0 N–H and O–H groups in total. The van der Waals surface area contributed by atoms with Crippen LogP contribution in [0.25, 0.3) is 22.2 Å². The van der Waals surface area contributed by atoms with Crippen molar-refractivity contribution in [1.29, 1.82) is 0 Å². The molecule has 13 heteroatoms. The average molecular weight is 523 g/mol. The van der Waals surface area contributed by atoms with Crippen molar-refractivity contribution in [3.05, 3.63) is 69.2 Å². The monoisotopic (exact) mass is 522 g/mol. The van der Waals surface area contributed by atoms with Gasteiger partial charge in [-0.15, -0.1) is 0 Å². The third-order valence-corrected chi connectivity index (χ3v) is 6.21. The number of aryl methyl sites for hydroxylation is 1. The first kappa shape index (κ1) is 24.2. The van der Waals surface area contributed by atoms with Crippen molar-refractivity contribution in [3.8, 4) is 11.3 Å². The Bertz CT molecular complexity index is 1530. The van der Waals surface area contributed by atoms with Crippen molar-refractivity contribution in [3.63, 3.8) is 0 Å². The van der Waals surface area contributed by atoms with Crippen molar-refractivity contribution in [2.24, 2.45) is 14.1 Å². The van der Waals surface area contributed by atoms with Gasteiger partial charge in [0.25, 0.3) is 5.56 Å². The standard InChI is InChI=1S/C23H19ClF4N6O2/c1-32-10-12(9-29-32)17-11-34(5-6-36-17)18-8-15-20(31-22(23(26,27)28)33(2)21(15)35)19(30-18)14-4-3-13(24)7-16(14)25/h3-4,7-10,17H,5-6,11H2,1-2H3/t17-/m1/s1. The van der Waals surface area contributed by atoms with Crippen LogP contribution in [0.4, 0.5) is 23.4 Å². The quantitative estimate of drug-likeness (QED) is 0.377. The van der Waals surface area contributed by atoms with E-state index < -0.39 is 23.4 Å². The van der Waals surface area contributed by atoms with E-state index in [9.17, 15) is 22.4 Å². The molecular formula is C23H19ClF4N6O2. The minimum Gasteiger partial charge on any atom is -0.370 e. The summed E-state index contributed by atoms with van der Waals surface area (Å²) in [7, 11) is 2.77. The van der Waals surface area contributed by atoms with E-state index in [1.165, 1.54) is 18.2 Å². The second-order valence-electron chi connectivity index (χ2n) is 8.40. The first-order valence-electron chi connectivity index (χ1n) is 10.8. The fourth-order valence-electron chi connectivity index (χ4n) is 4.21. The summed E-state index contributed by atoms with van der Waals surface area (Å²) in [5.41, 5.74) is -0.767. The minimum atomic E-state index is -4.91. The zero-order valence-electron chi connectivity index (χ0n) is 19.1. The van der Waals surface area contributed by atoms with Gasteiger partial charge >= 0.3 is 6.18 Å². The Hall–Kier alpha value is -3.51. The van der Waals surface area contributed by atoms with Crippen molar-refractivity contribution >= 4 is 28.3 Å². The van der Waals surface area contributed by atoms with E-state index in [4.69, 9.17) is 16.3 Å². The first-order chi connectivity index (χ1) is 17.0. The molecule has 1 saturated heterocycles. The van der Waals surface area contributed by atoms with Gasteiger partial charge in [0, 0.05) is 49.5 Å². The summed E-state index contributed by atoms with van der Waals surface area (Å²) < 4.78 is 63.8. The third-order valence-electron chi connectivity index (χ3n) is 5.98. The van der Waals surface area contributed by atoms with E-state index in [2.05, 4.69) is 15.1 Å². The number of aromatic nitrogens is 5. The van der Waals surface area contributed by atoms with Crippen molar-refractivity contribution in [1.82, 2.24) is 24.3 Å². The van der Waals surface area contributed by atoms with Crippen LogP contribution >= 0.6 is 11.6 Å². The largest absolute Gasteiger partial charge is 0.449 e. The lowest BCUT2D eigenvalue weighted by Crippen LogP contribution is -2.39. The number of fused-ring (bicyclic) bond motifs is 1. The summed E-state index contributed by atoms with van der Waals surface area (Å²) in [4.78, 5) is 23.1. The van der Waals surface area contributed by atoms with Crippen LogP contribution in [-0.2, 0) is 25.0 Å². The lowest BCUT2D eigenvalue weighted by atomic mass is 10.1. The second-order valence-corrected chi connectivity index (χ2v) is 8.84. The number of benzene rings is 1. The average Bonchev–Trinajstić information content (AvgIpc) is 3.26. The first-order valence-corrected chi connectivity index (χ1v) is 11.2. The van der Waals surface area contributed by atoms with Crippen LogP contribution in [0.15, 0.2) is 41.5 Å². The molecule has 0 spiro atoms. The topological polar surface area (TPSA) is 78.1 Å². The van der Waals surface area contributed by atoms with Gasteiger partial charge in [0.2, 0.25) is 5.82 Å². The van der Waals surface area contributed by atoms with Gasteiger partial charge in [-0.1, -0.05) is 11.6 Å². The Kier molecular flexibility index (Phi) is 5.95. The fraction of sp³-hybridized carbons (Fsp3) is 0.304. The number of pyridine rings is 1. The third kappa shape index (κ3) is 4.30.